The number of nitrogens with two attached hydrogens (primary N) is 1. The number of anilines is 1. The molecule has 0 aliphatic carbocycles. The number of pyridine rings is 2. The highest BCUT2D eigenvalue weighted by Crippen LogP contribution is 2.32. The normalized spacial score (nSPS) is 10.4. The van der Waals surface area contributed by atoms with Gasteiger partial charge in [-0.2, -0.15) is 5.10 Å². The van der Waals surface area contributed by atoms with Crippen molar-refractivity contribution in [3.05, 3.63) is 48.9 Å². The molecule has 0 bridgehead atoms. The molecule has 3 rings (SSSR count). The summed E-state index contributed by atoms with van der Waals surface area (Å²) in [6.07, 6.45) is 5.22. The Labute approximate surface area is 104 Å². The van der Waals surface area contributed by atoms with Gasteiger partial charge in [0.05, 0.1) is 17.0 Å². The zero-order chi connectivity index (χ0) is 12.4. The fourth-order valence-corrected chi connectivity index (χ4v) is 1.85. The van der Waals surface area contributed by atoms with Crippen molar-refractivity contribution in [1.82, 2.24) is 20.2 Å². The van der Waals surface area contributed by atoms with E-state index in [1.165, 1.54) is 0 Å². The van der Waals surface area contributed by atoms with Gasteiger partial charge in [-0.15, -0.1) is 0 Å². The lowest BCUT2D eigenvalue weighted by Gasteiger charge is -2.03. The molecule has 0 radical (unpaired) electrons. The first-order chi connectivity index (χ1) is 8.86. The van der Waals surface area contributed by atoms with Crippen LogP contribution in [0.5, 0.6) is 0 Å². The average molecular weight is 237 g/mol. The lowest BCUT2D eigenvalue weighted by atomic mass is 10.1. The summed E-state index contributed by atoms with van der Waals surface area (Å²) in [5.74, 6) is 0.438. The van der Waals surface area contributed by atoms with Crippen molar-refractivity contribution in [2.24, 2.45) is 0 Å². The highest BCUT2D eigenvalue weighted by Gasteiger charge is 2.15. The Kier molecular flexibility index (Phi) is 2.49. The maximum absolute atomic E-state index is 5.91. The van der Waals surface area contributed by atoms with Gasteiger partial charge in [-0.05, 0) is 24.3 Å². The number of nitrogens with zero attached hydrogens (tertiary/aromatic N) is 3. The standard InChI is InChI=1S/C13H11N5/c14-13-11(10-5-1-2-7-16-10)12(17-18-13)9-4-3-6-15-8-9/h1-8H,(H3,14,17,18). The third-order valence-electron chi connectivity index (χ3n) is 2.67. The molecule has 88 valence electrons. The van der Waals surface area contributed by atoms with Crippen LogP contribution in [0.15, 0.2) is 48.9 Å². The Bertz CT molecular complexity index is 646. The van der Waals surface area contributed by atoms with Crippen molar-refractivity contribution in [3.63, 3.8) is 0 Å². The molecule has 3 aromatic heterocycles. The van der Waals surface area contributed by atoms with Gasteiger partial charge in [-0.3, -0.25) is 15.1 Å². The monoisotopic (exact) mass is 237 g/mol. The van der Waals surface area contributed by atoms with E-state index in [1.807, 2.05) is 30.3 Å². The number of aromatic nitrogens is 4. The summed E-state index contributed by atoms with van der Waals surface area (Å²) in [7, 11) is 0. The van der Waals surface area contributed by atoms with Gasteiger partial charge in [-0.1, -0.05) is 6.07 Å². The van der Waals surface area contributed by atoms with E-state index in [2.05, 4.69) is 20.2 Å². The predicted octanol–water partition coefficient (Wildman–Crippen LogP) is 2.12. The van der Waals surface area contributed by atoms with Crippen LogP contribution in [-0.4, -0.2) is 20.2 Å². The molecule has 18 heavy (non-hydrogen) atoms. The number of hydrogen-bond acceptors (Lipinski definition) is 4. The summed E-state index contributed by atoms with van der Waals surface area (Å²) in [5, 5.41) is 6.99. The molecule has 5 nitrogen and oxygen atoms in total. The van der Waals surface area contributed by atoms with Crippen LogP contribution in [-0.2, 0) is 0 Å². The van der Waals surface area contributed by atoms with Gasteiger partial charge < -0.3 is 5.73 Å². The smallest absolute Gasteiger partial charge is 0.155 e. The molecule has 0 spiro atoms. The molecule has 0 aliphatic heterocycles. The van der Waals surface area contributed by atoms with Crippen LogP contribution >= 0.6 is 0 Å². The van der Waals surface area contributed by atoms with Gasteiger partial charge in [0, 0.05) is 24.2 Å². The first-order valence-electron chi connectivity index (χ1n) is 5.52. The summed E-state index contributed by atoms with van der Waals surface area (Å²) in [6, 6.07) is 9.51. The predicted molar refractivity (Wildman–Crippen MR) is 69.5 cm³/mol. The third kappa shape index (κ3) is 1.71. The quantitative estimate of drug-likeness (QED) is 0.715. The van der Waals surface area contributed by atoms with Crippen molar-refractivity contribution >= 4 is 5.82 Å². The topological polar surface area (TPSA) is 80.5 Å². The SMILES string of the molecule is Nc1n[nH]c(-c2cccnc2)c1-c1ccccn1. The highest BCUT2D eigenvalue weighted by atomic mass is 15.2. The Morgan fingerprint density at radius 3 is 2.72 bits per heavy atom. The fraction of sp³-hybridized carbons (Fsp3) is 0. The number of rotatable bonds is 2. The summed E-state index contributed by atoms with van der Waals surface area (Å²) in [5.41, 5.74) is 9.28. The van der Waals surface area contributed by atoms with Crippen molar-refractivity contribution in [2.45, 2.75) is 0 Å². The number of aromatic amines is 1. The molecule has 0 atom stereocenters. The van der Waals surface area contributed by atoms with Gasteiger partial charge >= 0.3 is 0 Å². The fourth-order valence-electron chi connectivity index (χ4n) is 1.85. The van der Waals surface area contributed by atoms with Crippen molar-refractivity contribution in [3.8, 4) is 22.5 Å². The molecule has 0 saturated carbocycles. The molecular weight excluding hydrogens is 226 g/mol. The average Bonchev–Trinajstić information content (AvgIpc) is 2.83. The Morgan fingerprint density at radius 2 is 2.00 bits per heavy atom. The minimum atomic E-state index is 0.438. The van der Waals surface area contributed by atoms with E-state index in [4.69, 9.17) is 5.73 Å². The van der Waals surface area contributed by atoms with Gasteiger partial charge in [0.15, 0.2) is 5.82 Å². The zero-order valence-corrected chi connectivity index (χ0v) is 9.54. The molecule has 3 aromatic rings. The van der Waals surface area contributed by atoms with Crippen LogP contribution in [0, 0.1) is 0 Å². The molecule has 0 unspecified atom stereocenters. The highest BCUT2D eigenvalue weighted by molar-refractivity contribution is 5.85. The Morgan fingerprint density at radius 1 is 1.06 bits per heavy atom. The molecule has 3 heterocycles. The first kappa shape index (κ1) is 10.5. The molecule has 5 heteroatoms. The molecular formula is C13H11N5. The van der Waals surface area contributed by atoms with Gasteiger partial charge in [0.1, 0.15) is 0 Å². The number of nitrogens with one attached hydrogen (secondary N) is 1. The zero-order valence-electron chi connectivity index (χ0n) is 9.54. The Hall–Kier alpha value is -2.69. The van der Waals surface area contributed by atoms with E-state index in [1.54, 1.807) is 18.6 Å². The maximum atomic E-state index is 5.91. The van der Waals surface area contributed by atoms with Crippen LogP contribution < -0.4 is 5.73 Å². The Balaban J connectivity index is 2.19. The van der Waals surface area contributed by atoms with Crippen LogP contribution in [0.3, 0.4) is 0 Å². The van der Waals surface area contributed by atoms with Crippen LogP contribution in [0.2, 0.25) is 0 Å². The van der Waals surface area contributed by atoms with E-state index in [-0.39, 0.29) is 0 Å². The molecule has 0 amide bonds. The van der Waals surface area contributed by atoms with E-state index < -0.39 is 0 Å². The van der Waals surface area contributed by atoms with E-state index >= 15 is 0 Å². The summed E-state index contributed by atoms with van der Waals surface area (Å²) < 4.78 is 0. The van der Waals surface area contributed by atoms with Crippen LogP contribution in [0.25, 0.3) is 22.5 Å². The maximum Gasteiger partial charge on any atom is 0.155 e. The minimum Gasteiger partial charge on any atom is -0.382 e. The number of hydrogen-bond donors (Lipinski definition) is 2. The molecule has 0 saturated heterocycles. The van der Waals surface area contributed by atoms with Gasteiger partial charge in [0.25, 0.3) is 0 Å². The lowest BCUT2D eigenvalue weighted by Crippen LogP contribution is -1.90. The molecule has 0 aromatic carbocycles. The van der Waals surface area contributed by atoms with Crippen LogP contribution in [0.1, 0.15) is 0 Å². The first-order valence-corrected chi connectivity index (χ1v) is 5.52. The molecule has 3 N–H and O–H groups in total. The molecule has 0 aliphatic rings. The lowest BCUT2D eigenvalue weighted by molar-refractivity contribution is 1.10. The van der Waals surface area contributed by atoms with Crippen molar-refractivity contribution in [2.75, 3.05) is 5.73 Å². The van der Waals surface area contributed by atoms with E-state index in [0.29, 0.717) is 5.82 Å². The van der Waals surface area contributed by atoms with E-state index in [9.17, 15) is 0 Å². The second-order valence-corrected chi connectivity index (χ2v) is 3.82. The van der Waals surface area contributed by atoms with E-state index in [0.717, 1.165) is 22.5 Å². The summed E-state index contributed by atoms with van der Waals surface area (Å²) >= 11 is 0. The minimum absolute atomic E-state index is 0.438. The second-order valence-electron chi connectivity index (χ2n) is 3.82. The summed E-state index contributed by atoms with van der Waals surface area (Å²) in [6.45, 7) is 0. The number of H-pyrrole nitrogens is 1. The van der Waals surface area contributed by atoms with Gasteiger partial charge in [-0.25, -0.2) is 0 Å². The van der Waals surface area contributed by atoms with Crippen LogP contribution in [0.4, 0.5) is 5.82 Å². The molecule has 0 fully saturated rings. The largest absolute Gasteiger partial charge is 0.382 e. The third-order valence-corrected chi connectivity index (χ3v) is 2.67. The number of nitrogen functional groups attached to an aromatic ring is 1. The summed E-state index contributed by atoms with van der Waals surface area (Å²) in [4.78, 5) is 8.40. The van der Waals surface area contributed by atoms with Crippen molar-refractivity contribution < 1.29 is 0 Å². The van der Waals surface area contributed by atoms with Gasteiger partial charge in [0.2, 0.25) is 0 Å². The van der Waals surface area contributed by atoms with Crippen molar-refractivity contribution in [1.29, 1.82) is 0 Å². The second kappa shape index (κ2) is 4.29.